The summed E-state index contributed by atoms with van der Waals surface area (Å²) in [5, 5.41) is 0. The number of carbonyl (C=O) groups excluding carboxylic acids is 3. The van der Waals surface area contributed by atoms with Crippen molar-refractivity contribution in [2.45, 2.75) is 84.8 Å². The van der Waals surface area contributed by atoms with Crippen molar-refractivity contribution >= 4 is 18.1 Å². The van der Waals surface area contributed by atoms with Crippen molar-refractivity contribution in [3.05, 3.63) is 77.9 Å². The van der Waals surface area contributed by atoms with E-state index in [1.807, 2.05) is 44.0 Å². The molecule has 3 N–H and O–H groups in total. The molecule has 0 radical (unpaired) electrons. The first kappa shape index (κ1) is 34.5. The standard InChI is InChI=1S/C36H42N4O3.C2H5NO2/c1-22(2)18-32(41)39-16-9-11-31(39)33-37-21-29(38-33)23-12-14-25-26-15-13-24(20-28(26)36(6,7)27(25)19-23)30-10-8-17-40(30)34(42)43-35(3,4)5;1-5-2(3)4/h8,10,12-15,17,19-22,31H,9,11,16,18H2,1-7H3,(H,37,38);1H3,(H2,3,4). The highest BCUT2D eigenvalue weighted by Gasteiger charge is 2.37. The molecule has 1 atom stereocenters. The average molecular weight is 654 g/mol. The Morgan fingerprint density at radius 3 is 2.27 bits per heavy atom. The van der Waals surface area contributed by atoms with Gasteiger partial charge in [-0.25, -0.2) is 14.6 Å². The largest absolute Gasteiger partial charge is 0.453 e. The number of aromatic amines is 1. The maximum Gasteiger partial charge on any atom is 0.418 e. The van der Waals surface area contributed by atoms with Crippen molar-refractivity contribution in [1.82, 2.24) is 19.4 Å². The molecule has 0 bridgehead atoms. The van der Waals surface area contributed by atoms with E-state index < -0.39 is 11.7 Å². The predicted octanol–water partition coefficient (Wildman–Crippen LogP) is 8.06. The van der Waals surface area contributed by atoms with Gasteiger partial charge in [0.05, 0.1) is 30.7 Å². The summed E-state index contributed by atoms with van der Waals surface area (Å²) in [6.07, 6.45) is 5.03. The summed E-state index contributed by atoms with van der Waals surface area (Å²) in [6.45, 7) is 15.1. The molecule has 10 heteroatoms. The number of rotatable bonds is 5. The maximum absolute atomic E-state index is 12.9. The van der Waals surface area contributed by atoms with Gasteiger partial charge in [0.2, 0.25) is 5.91 Å². The lowest BCUT2D eigenvalue weighted by atomic mass is 9.81. The summed E-state index contributed by atoms with van der Waals surface area (Å²) in [5.74, 6) is 1.42. The van der Waals surface area contributed by atoms with E-state index >= 15 is 0 Å². The van der Waals surface area contributed by atoms with Crippen molar-refractivity contribution in [3.8, 4) is 33.6 Å². The lowest BCUT2D eigenvalue weighted by Crippen LogP contribution is -2.31. The molecule has 1 aliphatic carbocycles. The molecule has 0 spiro atoms. The van der Waals surface area contributed by atoms with Gasteiger partial charge in [-0.1, -0.05) is 52.0 Å². The fourth-order valence-corrected chi connectivity index (χ4v) is 6.62. The highest BCUT2D eigenvalue weighted by atomic mass is 16.6. The van der Waals surface area contributed by atoms with E-state index in [1.165, 1.54) is 29.4 Å². The lowest BCUT2D eigenvalue weighted by Gasteiger charge is -2.24. The van der Waals surface area contributed by atoms with E-state index in [4.69, 9.17) is 9.72 Å². The van der Waals surface area contributed by atoms with Gasteiger partial charge in [-0.3, -0.25) is 9.36 Å². The molecule has 2 aromatic carbocycles. The zero-order valence-corrected chi connectivity index (χ0v) is 29.2. The van der Waals surface area contributed by atoms with E-state index in [0.717, 1.165) is 47.7 Å². The van der Waals surface area contributed by atoms with Crippen LogP contribution >= 0.6 is 0 Å². The number of ether oxygens (including phenoxy) is 2. The second-order valence-electron chi connectivity index (χ2n) is 14.4. The van der Waals surface area contributed by atoms with Crippen LogP contribution < -0.4 is 5.73 Å². The molecule has 2 amide bonds. The van der Waals surface area contributed by atoms with Crippen molar-refractivity contribution in [2.75, 3.05) is 13.7 Å². The average Bonchev–Trinajstić information content (AvgIpc) is 3.82. The SMILES string of the molecule is CC(C)CC(=O)N1CCCC1c1ncc(-c2ccc3c(c2)C(C)(C)c2cc(-c4cccn4C(=O)OC(C)(C)C)ccc2-3)[nH]1.COC(N)=O. The number of nitrogens with one attached hydrogen (secondary N) is 1. The maximum atomic E-state index is 12.9. The highest BCUT2D eigenvalue weighted by Crippen LogP contribution is 2.50. The van der Waals surface area contributed by atoms with Gasteiger partial charge in [-0.2, -0.15) is 0 Å². The molecule has 1 aliphatic heterocycles. The lowest BCUT2D eigenvalue weighted by molar-refractivity contribution is -0.133. The normalized spacial score (nSPS) is 16.2. The van der Waals surface area contributed by atoms with Crippen LogP contribution in [0.4, 0.5) is 9.59 Å². The number of aromatic nitrogens is 3. The molecule has 1 fully saturated rings. The zero-order valence-electron chi connectivity index (χ0n) is 29.2. The molecule has 10 nitrogen and oxygen atoms in total. The van der Waals surface area contributed by atoms with Crippen LogP contribution in [0.15, 0.2) is 60.9 Å². The molecule has 6 rings (SSSR count). The smallest absolute Gasteiger partial charge is 0.418 e. The monoisotopic (exact) mass is 653 g/mol. The summed E-state index contributed by atoms with van der Waals surface area (Å²) in [5.41, 5.74) is 12.3. The molecule has 3 heterocycles. The number of benzene rings is 2. The Kier molecular flexibility index (Phi) is 9.58. The molecule has 2 aromatic heterocycles. The number of primary amides is 1. The summed E-state index contributed by atoms with van der Waals surface area (Å²) >= 11 is 0. The number of fused-ring (bicyclic) bond motifs is 3. The van der Waals surface area contributed by atoms with Gasteiger partial charge in [-0.05, 0) is 97.2 Å². The van der Waals surface area contributed by atoms with Crippen molar-refractivity contribution in [2.24, 2.45) is 11.7 Å². The summed E-state index contributed by atoms with van der Waals surface area (Å²) < 4.78 is 11.1. The van der Waals surface area contributed by atoms with Crippen LogP contribution in [0.3, 0.4) is 0 Å². The number of nitrogens with zero attached hydrogens (tertiary/aromatic N) is 3. The number of imidazole rings is 1. The van der Waals surface area contributed by atoms with Crippen LogP contribution in [0.2, 0.25) is 0 Å². The number of nitrogens with two attached hydrogens (primary N) is 1. The fourth-order valence-electron chi connectivity index (χ4n) is 6.62. The molecule has 2 aliphatic rings. The van der Waals surface area contributed by atoms with Crippen molar-refractivity contribution in [1.29, 1.82) is 0 Å². The van der Waals surface area contributed by atoms with Crippen LogP contribution in [-0.4, -0.2) is 56.8 Å². The number of amides is 2. The van der Waals surface area contributed by atoms with Gasteiger partial charge < -0.3 is 25.1 Å². The van der Waals surface area contributed by atoms with Crippen LogP contribution in [0.25, 0.3) is 33.6 Å². The second-order valence-corrected chi connectivity index (χ2v) is 14.4. The Hall–Kier alpha value is -4.86. The third-order valence-corrected chi connectivity index (χ3v) is 8.89. The van der Waals surface area contributed by atoms with E-state index in [2.05, 4.69) is 79.5 Å². The summed E-state index contributed by atoms with van der Waals surface area (Å²) in [6, 6.07) is 16.9. The number of methoxy groups -OCH3 is 1. The van der Waals surface area contributed by atoms with Gasteiger partial charge in [0.1, 0.15) is 11.4 Å². The second kappa shape index (κ2) is 13.3. The number of carbonyl (C=O) groups is 3. The van der Waals surface area contributed by atoms with Gasteiger partial charge >= 0.3 is 12.2 Å². The molecule has 48 heavy (non-hydrogen) atoms. The Balaban J connectivity index is 0.000000840. The van der Waals surface area contributed by atoms with Crippen LogP contribution in [0.5, 0.6) is 0 Å². The molecule has 0 saturated carbocycles. The molecular weight excluding hydrogens is 606 g/mol. The Labute approximate surface area is 282 Å². The Bertz CT molecular complexity index is 1830. The quantitative estimate of drug-likeness (QED) is 0.224. The number of hydrogen-bond acceptors (Lipinski definition) is 6. The minimum atomic E-state index is -0.745. The summed E-state index contributed by atoms with van der Waals surface area (Å²) in [4.78, 5) is 45.5. The number of hydrogen-bond donors (Lipinski definition) is 2. The first-order valence-electron chi connectivity index (χ1n) is 16.5. The molecule has 1 unspecified atom stereocenters. The van der Waals surface area contributed by atoms with E-state index in [1.54, 1.807) is 10.8 Å². The minimum absolute atomic E-state index is 0.00757. The van der Waals surface area contributed by atoms with Crippen LogP contribution in [0.1, 0.15) is 90.7 Å². The zero-order chi connectivity index (χ0) is 35.0. The van der Waals surface area contributed by atoms with E-state index in [-0.39, 0.29) is 23.5 Å². The molecule has 4 aromatic rings. The third kappa shape index (κ3) is 7.02. The topological polar surface area (TPSA) is 133 Å². The van der Waals surface area contributed by atoms with Crippen molar-refractivity contribution in [3.63, 3.8) is 0 Å². The van der Waals surface area contributed by atoms with Gasteiger partial charge in [-0.15, -0.1) is 0 Å². The van der Waals surface area contributed by atoms with Gasteiger partial charge in [0.25, 0.3) is 0 Å². The van der Waals surface area contributed by atoms with Gasteiger partial charge in [0.15, 0.2) is 0 Å². The number of likely N-dealkylation sites (tertiary alicyclic amines) is 1. The molecule has 254 valence electrons. The van der Waals surface area contributed by atoms with Crippen molar-refractivity contribution < 1.29 is 23.9 Å². The van der Waals surface area contributed by atoms with E-state index in [0.29, 0.717) is 12.3 Å². The van der Waals surface area contributed by atoms with Crippen LogP contribution in [0, 0.1) is 5.92 Å². The number of H-pyrrole nitrogens is 1. The highest BCUT2D eigenvalue weighted by molar-refractivity contribution is 5.86. The molecule has 1 saturated heterocycles. The minimum Gasteiger partial charge on any atom is -0.453 e. The van der Waals surface area contributed by atoms with E-state index in [9.17, 15) is 14.4 Å². The first-order chi connectivity index (χ1) is 22.6. The predicted molar refractivity (Wildman–Crippen MR) is 186 cm³/mol. The van der Waals surface area contributed by atoms with Gasteiger partial charge in [0, 0.05) is 24.6 Å². The third-order valence-electron chi connectivity index (χ3n) is 8.89. The fraction of sp³-hybridized carbons (Fsp3) is 0.421. The Morgan fingerprint density at radius 1 is 1.04 bits per heavy atom. The summed E-state index contributed by atoms with van der Waals surface area (Å²) in [7, 11) is 1.22. The Morgan fingerprint density at radius 2 is 1.67 bits per heavy atom. The first-order valence-corrected chi connectivity index (χ1v) is 16.5. The molecular formula is C38H47N5O5. The van der Waals surface area contributed by atoms with Crippen LogP contribution in [-0.2, 0) is 19.7 Å².